The summed E-state index contributed by atoms with van der Waals surface area (Å²) in [5.41, 5.74) is 2.63. The first-order chi connectivity index (χ1) is 12.0. The molecule has 0 saturated heterocycles. The number of amides is 1. The maximum atomic E-state index is 12.2. The smallest absolute Gasteiger partial charge is 0.327 e. The number of anilines is 1. The van der Waals surface area contributed by atoms with Crippen LogP contribution in [-0.2, 0) is 14.3 Å². The van der Waals surface area contributed by atoms with Crippen LogP contribution in [0.25, 0.3) is 0 Å². The molecule has 2 aromatic rings. The van der Waals surface area contributed by atoms with Crippen molar-refractivity contribution in [3.63, 3.8) is 0 Å². The van der Waals surface area contributed by atoms with Crippen molar-refractivity contribution in [1.82, 2.24) is 5.32 Å². The van der Waals surface area contributed by atoms with Gasteiger partial charge in [0, 0.05) is 18.2 Å². The van der Waals surface area contributed by atoms with Crippen LogP contribution in [0.5, 0.6) is 0 Å². The van der Waals surface area contributed by atoms with Crippen molar-refractivity contribution in [2.24, 2.45) is 0 Å². The van der Waals surface area contributed by atoms with E-state index in [1.165, 1.54) is 7.11 Å². The van der Waals surface area contributed by atoms with Crippen molar-refractivity contribution in [1.29, 1.82) is 0 Å². The Morgan fingerprint density at radius 1 is 1.00 bits per heavy atom. The summed E-state index contributed by atoms with van der Waals surface area (Å²) in [6, 6.07) is 16.4. The van der Waals surface area contributed by atoms with Crippen molar-refractivity contribution in [2.45, 2.75) is 32.4 Å². The van der Waals surface area contributed by atoms with Crippen molar-refractivity contribution >= 4 is 17.6 Å². The molecule has 2 rings (SSSR count). The number of carbonyl (C=O) groups excluding carboxylic acids is 2. The number of hydrogen-bond acceptors (Lipinski definition) is 4. The van der Waals surface area contributed by atoms with Crippen molar-refractivity contribution in [2.75, 3.05) is 12.4 Å². The van der Waals surface area contributed by atoms with Crippen LogP contribution in [0, 0.1) is 0 Å². The summed E-state index contributed by atoms with van der Waals surface area (Å²) < 4.78 is 4.93. The minimum absolute atomic E-state index is 0.0197. The van der Waals surface area contributed by atoms with Gasteiger partial charge in [-0.2, -0.15) is 0 Å². The topological polar surface area (TPSA) is 67.4 Å². The predicted octanol–water partition coefficient (Wildman–Crippen LogP) is 3.60. The molecule has 2 N–H and O–H groups in total. The molecule has 0 heterocycles. The third kappa shape index (κ3) is 5.16. The summed E-state index contributed by atoms with van der Waals surface area (Å²) in [4.78, 5) is 23.6. The summed E-state index contributed by atoms with van der Waals surface area (Å²) in [6.07, 6.45) is 0.442. The van der Waals surface area contributed by atoms with Gasteiger partial charge in [-0.25, -0.2) is 4.79 Å². The van der Waals surface area contributed by atoms with Crippen LogP contribution in [0.15, 0.2) is 54.6 Å². The fourth-order valence-corrected chi connectivity index (χ4v) is 2.51. The molecular weight excluding hydrogens is 316 g/mol. The molecular formula is C20H24N2O3. The zero-order valence-electron chi connectivity index (χ0n) is 14.8. The molecule has 1 amide bonds. The normalized spacial score (nSPS) is 12.9. The van der Waals surface area contributed by atoms with Crippen molar-refractivity contribution in [3.8, 4) is 0 Å². The Balaban J connectivity index is 2.11. The van der Waals surface area contributed by atoms with Crippen molar-refractivity contribution in [3.05, 3.63) is 65.7 Å². The average Bonchev–Trinajstić information content (AvgIpc) is 2.66. The highest BCUT2D eigenvalue weighted by Gasteiger charge is 2.23. The number of methoxy groups -OCH3 is 1. The monoisotopic (exact) mass is 340 g/mol. The summed E-state index contributed by atoms with van der Waals surface area (Å²) in [7, 11) is 1.38. The van der Waals surface area contributed by atoms with Crippen LogP contribution < -0.4 is 10.6 Å². The largest absolute Gasteiger partial charge is 0.468 e. The molecule has 0 aliphatic heterocycles. The van der Waals surface area contributed by atoms with E-state index in [0.717, 1.165) is 16.8 Å². The zero-order valence-corrected chi connectivity index (χ0v) is 14.8. The number of benzene rings is 2. The molecule has 0 fully saturated rings. The highest BCUT2D eigenvalue weighted by Crippen LogP contribution is 2.22. The molecule has 0 aliphatic rings. The Morgan fingerprint density at radius 3 is 2.20 bits per heavy atom. The number of esters is 1. The second-order valence-electron chi connectivity index (χ2n) is 5.78. The lowest BCUT2D eigenvalue weighted by molar-refractivity contribution is -0.143. The van der Waals surface area contributed by atoms with Gasteiger partial charge in [-0.15, -0.1) is 0 Å². The van der Waals surface area contributed by atoms with Crippen LogP contribution in [0.1, 0.15) is 43.5 Å². The van der Waals surface area contributed by atoms with Crippen LogP contribution in [-0.4, -0.2) is 19.0 Å². The summed E-state index contributed by atoms with van der Waals surface area (Å²) in [5, 5.41) is 6.13. The van der Waals surface area contributed by atoms with Crippen LogP contribution in [0.4, 0.5) is 5.69 Å². The second-order valence-corrected chi connectivity index (χ2v) is 5.78. The summed E-state index contributed by atoms with van der Waals surface area (Å²) in [6.45, 7) is 3.80. The van der Waals surface area contributed by atoms with Gasteiger partial charge >= 0.3 is 5.97 Å². The van der Waals surface area contributed by atoms with Gasteiger partial charge in [-0.3, -0.25) is 10.1 Å². The fourth-order valence-electron chi connectivity index (χ4n) is 2.51. The lowest BCUT2D eigenvalue weighted by atomic mass is 10.0. The van der Waals surface area contributed by atoms with Crippen LogP contribution in [0.3, 0.4) is 0 Å². The van der Waals surface area contributed by atoms with Gasteiger partial charge in [-0.05, 0) is 30.2 Å². The molecule has 0 spiro atoms. The minimum Gasteiger partial charge on any atom is -0.468 e. The Morgan fingerprint density at radius 2 is 1.64 bits per heavy atom. The van der Waals surface area contributed by atoms with Gasteiger partial charge in [0.1, 0.15) is 6.04 Å². The highest BCUT2D eigenvalue weighted by molar-refractivity contribution is 5.90. The lowest BCUT2D eigenvalue weighted by Crippen LogP contribution is -2.31. The van der Waals surface area contributed by atoms with Crippen LogP contribution in [0.2, 0.25) is 0 Å². The van der Waals surface area contributed by atoms with E-state index in [1.54, 1.807) is 0 Å². The van der Waals surface area contributed by atoms with Gasteiger partial charge in [0.15, 0.2) is 0 Å². The van der Waals surface area contributed by atoms with E-state index >= 15 is 0 Å². The molecule has 132 valence electrons. The number of rotatable bonds is 7. The van der Waals surface area contributed by atoms with Gasteiger partial charge in [0.2, 0.25) is 5.91 Å². The number of ether oxygens (including phenoxy) is 1. The third-order valence-corrected chi connectivity index (χ3v) is 4.00. The lowest BCUT2D eigenvalue weighted by Gasteiger charge is -2.22. The standard InChI is InChI=1S/C20H24N2O3/c1-4-18(23)22-17-12-10-15(11-13-17)14(2)21-19(20(24)25-3)16-8-6-5-7-9-16/h5-14,19,21H,4H2,1-3H3,(H,22,23)/t14-,19-/m1/s1. The minimum atomic E-state index is -0.541. The maximum absolute atomic E-state index is 12.2. The molecule has 0 unspecified atom stereocenters. The van der Waals surface area contributed by atoms with Crippen molar-refractivity contribution < 1.29 is 14.3 Å². The molecule has 0 saturated carbocycles. The van der Waals surface area contributed by atoms with Gasteiger partial charge in [0.05, 0.1) is 7.11 Å². The maximum Gasteiger partial charge on any atom is 0.327 e. The third-order valence-electron chi connectivity index (χ3n) is 4.00. The molecule has 0 bridgehead atoms. The molecule has 2 atom stereocenters. The van der Waals surface area contributed by atoms with E-state index in [4.69, 9.17) is 4.74 Å². The quantitative estimate of drug-likeness (QED) is 0.756. The van der Waals surface area contributed by atoms with Gasteiger partial charge in [0.25, 0.3) is 0 Å². The average molecular weight is 340 g/mol. The first-order valence-electron chi connectivity index (χ1n) is 8.33. The number of hydrogen-bond donors (Lipinski definition) is 2. The van der Waals surface area contributed by atoms with E-state index in [-0.39, 0.29) is 17.9 Å². The number of carbonyl (C=O) groups is 2. The van der Waals surface area contributed by atoms with E-state index in [0.29, 0.717) is 6.42 Å². The fraction of sp³-hybridized carbons (Fsp3) is 0.300. The molecule has 5 heteroatoms. The highest BCUT2D eigenvalue weighted by atomic mass is 16.5. The Bertz CT molecular complexity index is 699. The summed E-state index contributed by atoms with van der Waals surface area (Å²) in [5.74, 6) is -0.348. The second kappa shape index (κ2) is 8.99. The molecule has 0 aliphatic carbocycles. The van der Waals surface area contributed by atoms with E-state index in [1.807, 2.05) is 68.4 Å². The van der Waals surface area contributed by atoms with Crippen LogP contribution >= 0.6 is 0 Å². The SMILES string of the molecule is CCC(=O)Nc1ccc([C@@H](C)N[C@@H](C(=O)OC)c2ccccc2)cc1. The molecule has 25 heavy (non-hydrogen) atoms. The zero-order chi connectivity index (χ0) is 18.2. The van der Waals surface area contributed by atoms with Gasteiger partial charge < -0.3 is 10.1 Å². The van der Waals surface area contributed by atoms with E-state index in [9.17, 15) is 9.59 Å². The molecule has 0 radical (unpaired) electrons. The van der Waals surface area contributed by atoms with E-state index < -0.39 is 6.04 Å². The predicted molar refractivity (Wildman–Crippen MR) is 98.1 cm³/mol. The first-order valence-corrected chi connectivity index (χ1v) is 8.33. The molecule has 2 aromatic carbocycles. The summed E-state index contributed by atoms with van der Waals surface area (Å²) >= 11 is 0. The Kier molecular flexibility index (Phi) is 6.71. The number of nitrogens with one attached hydrogen (secondary N) is 2. The molecule has 5 nitrogen and oxygen atoms in total. The van der Waals surface area contributed by atoms with E-state index in [2.05, 4.69) is 10.6 Å². The molecule has 0 aromatic heterocycles. The Hall–Kier alpha value is -2.66. The van der Waals surface area contributed by atoms with Gasteiger partial charge in [-0.1, -0.05) is 49.4 Å². The first kappa shape index (κ1) is 18.7. The Labute approximate surface area is 148 Å².